The van der Waals surface area contributed by atoms with E-state index < -0.39 is 11.7 Å². The first-order chi connectivity index (χ1) is 20.4. The monoisotopic (exact) mass is 593 g/mol. The Labute approximate surface area is 262 Å². The minimum absolute atomic E-state index is 0.0320. The summed E-state index contributed by atoms with van der Waals surface area (Å²) in [7, 11) is 2.17. The number of allylic oxidation sites excluding steroid dienone is 11. The highest BCUT2D eigenvalue weighted by Gasteiger charge is 2.23. The van der Waals surface area contributed by atoms with Crippen molar-refractivity contribution in [3.63, 3.8) is 0 Å². The van der Waals surface area contributed by atoms with Gasteiger partial charge in [0, 0.05) is 31.6 Å². The number of carbonyl (C=O) groups excluding carboxylic acids is 2. The van der Waals surface area contributed by atoms with Crippen molar-refractivity contribution in [1.29, 1.82) is 0 Å². The molecule has 6 nitrogen and oxygen atoms in total. The summed E-state index contributed by atoms with van der Waals surface area (Å²) < 4.78 is 5.20. The molecule has 2 N–H and O–H groups in total. The molecule has 1 atom stereocenters. The molecule has 6 heteroatoms. The van der Waals surface area contributed by atoms with E-state index in [1.165, 1.54) is 28.2 Å². The van der Waals surface area contributed by atoms with Gasteiger partial charge < -0.3 is 20.3 Å². The van der Waals surface area contributed by atoms with E-state index in [2.05, 4.69) is 81.2 Å². The molecule has 0 unspecified atom stereocenters. The smallest absolute Gasteiger partial charge is 0.408 e. The van der Waals surface area contributed by atoms with Crippen LogP contribution in [0.5, 0.6) is 0 Å². The van der Waals surface area contributed by atoms with Crippen molar-refractivity contribution in [2.45, 2.75) is 112 Å². The number of nitrogens with zero attached hydrogens (tertiary/aromatic N) is 1. The SMILES string of the molecule is C=CCC/C=C\C(=C/CC)[C@H](CCC)/C(C)=C1/NC(C)=C(C/C=C/C=C(\CC)CC(=O)CNC(=O)OC(C)(C)C)CN1C. The molecule has 0 radical (unpaired) electrons. The summed E-state index contributed by atoms with van der Waals surface area (Å²) in [6.45, 7) is 21.0. The highest BCUT2D eigenvalue weighted by Crippen LogP contribution is 2.31. The minimum Gasteiger partial charge on any atom is -0.444 e. The van der Waals surface area contributed by atoms with E-state index >= 15 is 0 Å². The van der Waals surface area contributed by atoms with Crippen molar-refractivity contribution in [1.82, 2.24) is 15.5 Å². The van der Waals surface area contributed by atoms with Crippen LogP contribution < -0.4 is 10.6 Å². The number of hydrogen-bond donors (Lipinski definition) is 2. The zero-order valence-electron chi connectivity index (χ0n) is 28.6. The Balaban J connectivity index is 2.93. The quantitative estimate of drug-likeness (QED) is 0.1000. The maximum Gasteiger partial charge on any atom is 0.408 e. The molecule has 1 heterocycles. The topological polar surface area (TPSA) is 70.7 Å². The summed E-state index contributed by atoms with van der Waals surface area (Å²) in [6.07, 6.45) is 21.8. The van der Waals surface area contributed by atoms with E-state index in [0.717, 1.165) is 57.1 Å². The van der Waals surface area contributed by atoms with Crippen LogP contribution in [0.1, 0.15) is 107 Å². The van der Waals surface area contributed by atoms with Crippen molar-refractivity contribution in [3.8, 4) is 0 Å². The van der Waals surface area contributed by atoms with Gasteiger partial charge in [0.25, 0.3) is 0 Å². The van der Waals surface area contributed by atoms with Gasteiger partial charge in [0.2, 0.25) is 0 Å². The third kappa shape index (κ3) is 14.6. The van der Waals surface area contributed by atoms with Crippen molar-refractivity contribution < 1.29 is 14.3 Å². The standard InChI is InChI=1S/C37H59N3O3/c1-11-15-16-17-23-31(20-12-2)34(21-13-3)28(5)35-39-29(6)32(27-40(35)10)24-19-18-22-30(14-4)25-33(41)26-38-36(42)43-37(7,8)9/h11,17-20,22-23,34,39H,1,12-16,21,24-27H2,2-10H3,(H,38,42)/b19-18+,23-17-,30-22+,31-20+,35-28-/t34-/m1/s1. The van der Waals surface area contributed by atoms with E-state index in [1.54, 1.807) is 20.8 Å². The van der Waals surface area contributed by atoms with Crippen molar-refractivity contribution in [2.24, 2.45) is 5.92 Å². The van der Waals surface area contributed by atoms with Crippen LogP contribution in [0.25, 0.3) is 0 Å². The Hall–Kier alpha value is -3.28. The lowest BCUT2D eigenvalue weighted by molar-refractivity contribution is -0.117. The maximum atomic E-state index is 12.4. The molecule has 0 bridgehead atoms. The first-order valence-electron chi connectivity index (χ1n) is 16.0. The predicted molar refractivity (Wildman–Crippen MR) is 183 cm³/mol. The third-order valence-electron chi connectivity index (χ3n) is 7.35. The lowest BCUT2D eigenvalue weighted by atomic mass is 9.86. The highest BCUT2D eigenvalue weighted by atomic mass is 16.6. The second-order valence-electron chi connectivity index (χ2n) is 12.3. The number of Topliss-reactive ketones (excluding diaryl/α,β-unsaturated/α-hetero) is 1. The lowest BCUT2D eigenvalue weighted by Gasteiger charge is -2.35. The van der Waals surface area contributed by atoms with Crippen molar-refractivity contribution in [3.05, 3.63) is 82.9 Å². The molecular formula is C37H59N3O3. The zero-order valence-corrected chi connectivity index (χ0v) is 28.6. The highest BCUT2D eigenvalue weighted by molar-refractivity contribution is 5.85. The molecule has 0 saturated carbocycles. The van der Waals surface area contributed by atoms with Crippen LogP contribution in [0.2, 0.25) is 0 Å². The van der Waals surface area contributed by atoms with Crippen LogP contribution in [-0.2, 0) is 9.53 Å². The summed E-state index contributed by atoms with van der Waals surface area (Å²) in [5.74, 6) is 1.55. The van der Waals surface area contributed by atoms with Gasteiger partial charge in [-0.3, -0.25) is 4.79 Å². The van der Waals surface area contributed by atoms with Gasteiger partial charge in [0.05, 0.1) is 6.54 Å². The molecule has 0 saturated heterocycles. The number of ether oxygens (including phenoxy) is 1. The first kappa shape index (κ1) is 37.7. The summed E-state index contributed by atoms with van der Waals surface area (Å²) >= 11 is 0. The van der Waals surface area contributed by atoms with Crippen LogP contribution in [-0.4, -0.2) is 42.5 Å². The van der Waals surface area contributed by atoms with E-state index in [-0.39, 0.29) is 12.3 Å². The molecule has 43 heavy (non-hydrogen) atoms. The van der Waals surface area contributed by atoms with E-state index in [4.69, 9.17) is 4.74 Å². The fraction of sp³-hybridized carbons (Fsp3) is 0.568. The number of hydrogen-bond acceptors (Lipinski definition) is 5. The second-order valence-corrected chi connectivity index (χ2v) is 12.3. The molecule has 1 aliphatic rings. The number of carbonyl (C=O) groups is 2. The third-order valence-corrected chi connectivity index (χ3v) is 7.35. The van der Waals surface area contributed by atoms with Crippen molar-refractivity contribution in [2.75, 3.05) is 20.1 Å². The fourth-order valence-corrected chi connectivity index (χ4v) is 5.06. The molecule has 0 aromatic heterocycles. The van der Waals surface area contributed by atoms with Crippen LogP contribution in [0, 0.1) is 5.92 Å². The normalized spacial score (nSPS) is 16.9. The predicted octanol–water partition coefficient (Wildman–Crippen LogP) is 9.07. The number of ketones is 1. The lowest BCUT2D eigenvalue weighted by Crippen LogP contribution is -2.37. The summed E-state index contributed by atoms with van der Waals surface area (Å²) in [4.78, 5) is 26.6. The van der Waals surface area contributed by atoms with E-state index in [1.807, 2.05) is 25.2 Å². The first-order valence-corrected chi connectivity index (χ1v) is 16.0. The average Bonchev–Trinajstić information content (AvgIpc) is 2.94. The molecular weight excluding hydrogens is 534 g/mol. The minimum atomic E-state index is -0.588. The number of likely N-dealkylation sites (N-methyl/N-ethyl adjacent to an activating group) is 1. The molecule has 0 aliphatic carbocycles. The number of rotatable bonds is 17. The Bertz CT molecular complexity index is 1110. The molecule has 240 valence electrons. The van der Waals surface area contributed by atoms with E-state index in [0.29, 0.717) is 12.3 Å². The maximum absolute atomic E-state index is 12.4. The van der Waals surface area contributed by atoms with Gasteiger partial charge in [0.15, 0.2) is 5.78 Å². The van der Waals surface area contributed by atoms with Crippen LogP contribution in [0.15, 0.2) is 82.9 Å². The van der Waals surface area contributed by atoms with Gasteiger partial charge in [-0.1, -0.05) is 75.3 Å². The van der Waals surface area contributed by atoms with Gasteiger partial charge in [-0.25, -0.2) is 4.79 Å². The van der Waals surface area contributed by atoms with Crippen LogP contribution in [0.4, 0.5) is 4.79 Å². The molecule has 1 amide bonds. The average molecular weight is 594 g/mol. The Morgan fingerprint density at radius 3 is 2.49 bits per heavy atom. The van der Waals surface area contributed by atoms with Gasteiger partial charge in [-0.05, 0) is 89.9 Å². The summed E-state index contributed by atoms with van der Waals surface area (Å²) in [6, 6.07) is 0. The Kier molecular flexibility index (Phi) is 17.4. The number of alkyl carbamates (subject to hydrolysis) is 1. The number of unbranched alkanes of at least 4 members (excludes halogenated alkanes) is 1. The van der Waals surface area contributed by atoms with Crippen molar-refractivity contribution >= 4 is 11.9 Å². The van der Waals surface area contributed by atoms with Crippen LogP contribution >= 0.6 is 0 Å². The van der Waals surface area contributed by atoms with Crippen LogP contribution in [0.3, 0.4) is 0 Å². The largest absolute Gasteiger partial charge is 0.444 e. The summed E-state index contributed by atoms with van der Waals surface area (Å²) in [5.41, 5.74) is 5.79. The molecule has 1 aliphatic heterocycles. The molecule has 0 aromatic rings. The second kappa shape index (κ2) is 19.8. The van der Waals surface area contributed by atoms with E-state index in [9.17, 15) is 9.59 Å². The molecule has 0 aromatic carbocycles. The molecule has 0 spiro atoms. The Morgan fingerprint density at radius 2 is 1.88 bits per heavy atom. The number of amides is 1. The molecule has 1 rings (SSSR count). The number of nitrogens with one attached hydrogen (secondary N) is 2. The van der Waals surface area contributed by atoms with Gasteiger partial charge in [-0.2, -0.15) is 0 Å². The Morgan fingerprint density at radius 1 is 1.16 bits per heavy atom. The van der Waals surface area contributed by atoms with Gasteiger partial charge in [0.1, 0.15) is 11.4 Å². The van der Waals surface area contributed by atoms with Gasteiger partial charge in [-0.15, -0.1) is 6.58 Å². The molecule has 0 fully saturated rings. The summed E-state index contributed by atoms with van der Waals surface area (Å²) in [5, 5.41) is 6.29. The van der Waals surface area contributed by atoms with Gasteiger partial charge >= 0.3 is 6.09 Å². The zero-order chi connectivity index (χ0) is 32.4. The fourth-order valence-electron chi connectivity index (χ4n) is 5.06.